The van der Waals surface area contributed by atoms with Gasteiger partial charge in [-0.15, -0.1) is 0 Å². The molecule has 1 atom stereocenters. The highest BCUT2D eigenvalue weighted by atomic mass is 16.2. The number of hydrogen-bond donors (Lipinski definition) is 1. The largest absolute Gasteiger partial charge is 0.322 e. The lowest BCUT2D eigenvalue weighted by molar-refractivity contribution is 0.107. The van der Waals surface area contributed by atoms with Gasteiger partial charge in [-0.05, 0) is 32.0 Å². The van der Waals surface area contributed by atoms with Gasteiger partial charge in [-0.25, -0.2) is 4.79 Å². The van der Waals surface area contributed by atoms with Crippen molar-refractivity contribution in [1.82, 2.24) is 9.80 Å². The van der Waals surface area contributed by atoms with E-state index in [1.165, 1.54) is 19.3 Å². The minimum absolute atomic E-state index is 0.0157. The summed E-state index contributed by atoms with van der Waals surface area (Å²) < 4.78 is 0. The van der Waals surface area contributed by atoms with Crippen molar-refractivity contribution < 1.29 is 4.79 Å². The third kappa shape index (κ3) is 4.74. The number of rotatable bonds is 5. The highest BCUT2D eigenvalue weighted by Gasteiger charge is 2.26. The number of benzene rings is 1. The van der Waals surface area contributed by atoms with E-state index in [4.69, 9.17) is 0 Å². The zero-order valence-electron chi connectivity index (χ0n) is 13.2. The predicted octanol–water partition coefficient (Wildman–Crippen LogP) is 3.41. The van der Waals surface area contributed by atoms with E-state index in [-0.39, 0.29) is 12.1 Å². The van der Waals surface area contributed by atoms with E-state index in [0.29, 0.717) is 0 Å². The molecule has 0 spiro atoms. The molecule has 0 aliphatic carbocycles. The van der Waals surface area contributed by atoms with Gasteiger partial charge in [0, 0.05) is 31.4 Å². The van der Waals surface area contributed by atoms with Crippen LogP contribution in [0.2, 0.25) is 0 Å². The number of nitrogens with one attached hydrogen (secondary N) is 1. The van der Waals surface area contributed by atoms with Gasteiger partial charge < -0.3 is 10.2 Å². The summed E-state index contributed by atoms with van der Waals surface area (Å²) in [5, 5.41) is 2.98. The first-order chi connectivity index (χ1) is 10.2. The Balaban J connectivity index is 1.81. The zero-order chi connectivity index (χ0) is 15.1. The number of anilines is 1. The molecule has 1 unspecified atom stereocenters. The number of nitrogens with zero attached hydrogens (tertiary/aromatic N) is 2. The van der Waals surface area contributed by atoms with Crippen molar-refractivity contribution >= 4 is 11.7 Å². The third-order valence-electron chi connectivity index (χ3n) is 4.08. The number of carbonyl (C=O) groups is 1. The van der Waals surface area contributed by atoms with Crippen LogP contribution in [-0.4, -0.2) is 48.1 Å². The molecule has 1 saturated heterocycles. The van der Waals surface area contributed by atoms with Crippen molar-refractivity contribution in [2.24, 2.45) is 0 Å². The van der Waals surface area contributed by atoms with Crippen LogP contribution < -0.4 is 5.32 Å². The molecule has 4 heteroatoms. The smallest absolute Gasteiger partial charge is 0.319 e. The number of para-hydroxylation sites is 1. The van der Waals surface area contributed by atoms with Crippen LogP contribution in [-0.2, 0) is 0 Å². The lowest BCUT2D eigenvalue weighted by atomic mass is 10.1. The zero-order valence-corrected chi connectivity index (χ0v) is 13.2. The first-order valence-electron chi connectivity index (χ1n) is 8.05. The van der Waals surface area contributed by atoms with Gasteiger partial charge in [-0.3, -0.25) is 4.90 Å². The molecule has 1 aromatic rings. The molecule has 0 bridgehead atoms. The SMILES string of the molecule is CCCCCN1CCN(C(=O)Nc2ccccc2)C(C)C1. The number of amides is 2. The quantitative estimate of drug-likeness (QED) is 0.843. The Bertz CT molecular complexity index is 435. The average molecular weight is 289 g/mol. The number of hydrogen-bond acceptors (Lipinski definition) is 2. The molecule has 0 aromatic heterocycles. The molecule has 0 saturated carbocycles. The lowest BCUT2D eigenvalue weighted by Gasteiger charge is -2.39. The van der Waals surface area contributed by atoms with Crippen molar-refractivity contribution in [1.29, 1.82) is 0 Å². The highest BCUT2D eigenvalue weighted by Crippen LogP contribution is 2.13. The first-order valence-corrected chi connectivity index (χ1v) is 8.05. The fourth-order valence-electron chi connectivity index (χ4n) is 2.84. The molecule has 116 valence electrons. The van der Waals surface area contributed by atoms with E-state index in [9.17, 15) is 4.79 Å². The van der Waals surface area contributed by atoms with Gasteiger partial charge in [0.2, 0.25) is 0 Å². The Labute approximate surface area is 128 Å². The fourth-order valence-corrected chi connectivity index (χ4v) is 2.84. The third-order valence-corrected chi connectivity index (χ3v) is 4.08. The molecule has 21 heavy (non-hydrogen) atoms. The van der Waals surface area contributed by atoms with Gasteiger partial charge in [0.25, 0.3) is 0 Å². The predicted molar refractivity (Wildman–Crippen MR) is 87.6 cm³/mol. The summed E-state index contributed by atoms with van der Waals surface area (Å²) in [4.78, 5) is 16.8. The Morgan fingerprint density at radius 1 is 1.24 bits per heavy atom. The molecule has 1 aromatic carbocycles. The average Bonchev–Trinajstić information content (AvgIpc) is 2.48. The molecule has 4 nitrogen and oxygen atoms in total. The molecular formula is C17H27N3O. The highest BCUT2D eigenvalue weighted by molar-refractivity contribution is 5.89. The van der Waals surface area contributed by atoms with E-state index >= 15 is 0 Å². The van der Waals surface area contributed by atoms with E-state index in [1.54, 1.807) is 0 Å². The maximum Gasteiger partial charge on any atom is 0.322 e. The molecule has 1 aliphatic rings. The summed E-state index contributed by atoms with van der Waals surface area (Å²) in [6, 6.07) is 9.95. The number of urea groups is 1. The van der Waals surface area contributed by atoms with Gasteiger partial charge in [-0.1, -0.05) is 38.0 Å². The maximum atomic E-state index is 12.3. The van der Waals surface area contributed by atoms with E-state index in [0.717, 1.165) is 31.9 Å². The van der Waals surface area contributed by atoms with Crippen LogP contribution in [0.5, 0.6) is 0 Å². The summed E-state index contributed by atoms with van der Waals surface area (Å²) in [5.41, 5.74) is 0.861. The van der Waals surface area contributed by atoms with Crippen LogP contribution in [0.1, 0.15) is 33.1 Å². The fraction of sp³-hybridized carbons (Fsp3) is 0.588. The lowest BCUT2D eigenvalue weighted by Crippen LogP contribution is -2.55. The standard InChI is InChI=1S/C17H27N3O/c1-3-4-8-11-19-12-13-20(15(2)14-19)17(21)18-16-9-6-5-7-10-16/h5-7,9-10,15H,3-4,8,11-14H2,1-2H3,(H,18,21). The number of piperazine rings is 1. The van der Waals surface area contributed by atoms with Crippen LogP contribution in [0.25, 0.3) is 0 Å². The van der Waals surface area contributed by atoms with Crippen molar-refractivity contribution in [2.45, 2.75) is 39.2 Å². The van der Waals surface area contributed by atoms with Crippen molar-refractivity contribution in [3.63, 3.8) is 0 Å². The molecule has 0 radical (unpaired) electrons. The summed E-state index contributed by atoms with van der Waals surface area (Å²) in [7, 11) is 0. The van der Waals surface area contributed by atoms with Crippen molar-refractivity contribution in [3.8, 4) is 0 Å². The summed E-state index contributed by atoms with van der Waals surface area (Å²) >= 11 is 0. The van der Waals surface area contributed by atoms with Crippen molar-refractivity contribution in [2.75, 3.05) is 31.5 Å². The molecule has 1 heterocycles. The maximum absolute atomic E-state index is 12.3. The van der Waals surface area contributed by atoms with Crippen LogP contribution in [0.15, 0.2) is 30.3 Å². The van der Waals surface area contributed by atoms with Gasteiger partial charge in [-0.2, -0.15) is 0 Å². The topological polar surface area (TPSA) is 35.6 Å². The number of unbranched alkanes of at least 4 members (excludes halogenated alkanes) is 2. The van der Waals surface area contributed by atoms with Crippen molar-refractivity contribution in [3.05, 3.63) is 30.3 Å². The van der Waals surface area contributed by atoms with Gasteiger partial charge >= 0.3 is 6.03 Å². The molecular weight excluding hydrogens is 262 g/mol. The second-order valence-electron chi connectivity index (χ2n) is 5.85. The minimum Gasteiger partial charge on any atom is -0.319 e. The minimum atomic E-state index is 0.0157. The van der Waals surface area contributed by atoms with Gasteiger partial charge in [0.15, 0.2) is 0 Å². The van der Waals surface area contributed by atoms with Crippen LogP contribution in [0.3, 0.4) is 0 Å². The molecule has 1 fully saturated rings. The molecule has 1 aliphatic heterocycles. The second kappa shape index (κ2) is 8.03. The summed E-state index contributed by atoms with van der Waals surface area (Å²) in [6.07, 6.45) is 3.82. The second-order valence-corrected chi connectivity index (χ2v) is 5.85. The van der Waals surface area contributed by atoms with Crippen LogP contribution in [0, 0.1) is 0 Å². The Morgan fingerprint density at radius 2 is 2.00 bits per heavy atom. The Morgan fingerprint density at radius 3 is 2.67 bits per heavy atom. The first kappa shape index (κ1) is 15.8. The van der Waals surface area contributed by atoms with E-state index in [2.05, 4.69) is 24.1 Å². The van der Waals surface area contributed by atoms with Crippen LogP contribution in [0.4, 0.5) is 10.5 Å². The Hall–Kier alpha value is -1.55. The normalized spacial score (nSPS) is 19.5. The molecule has 1 N–H and O–H groups in total. The molecule has 2 amide bonds. The monoisotopic (exact) mass is 289 g/mol. The van der Waals surface area contributed by atoms with Gasteiger partial charge in [0.1, 0.15) is 0 Å². The van der Waals surface area contributed by atoms with E-state index in [1.807, 2.05) is 35.2 Å². The summed E-state index contributed by atoms with van der Waals surface area (Å²) in [6.45, 7) is 8.30. The molecule has 2 rings (SSSR count). The van der Waals surface area contributed by atoms with E-state index < -0.39 is 0 Å². The van der Waals surface area contributed by atoms with Crippen LogP contribution >= 0.6 is 0 Å². The summed E-state index contributed by atoms with van der Waals surface area (Å²) in [5.74, 6) is 0. The Kier molecular flexibility index (Phi) is 6.05. The van der Waals surface area contributed by atoms with Gasteiger partial charge in [0.05, 0.1) is 0 Å². The number of carbonyl (C=O) groups excluding carboxylic acids is 1.